The molecule has 2 aromatic carbocycles. The summed E-state index contributed by atoms with van der Waals surface area (Å²) in [6, 6.07) is 15.4. The molecule has 4 rings (SSSR count). The van der Waals surface area contributed by atoms with Crippen molar-refractivity contribution in [3.63, 3.8) is 0 Å². The van der Waals surface area contributed by atoms with E-state index in [0.29, 0.717) is 11.8 Å². The molecule has 6 heteroatoms. The molecule has 22 heavy (non-hydrogen) atoms. The van der Waals surface area contributed by atoms with Crippen LogP contribution in [0.2, 0.25) is 0 Å². The summed E-state index contributed by atoms with van der Waals surface area (Å²) in [7, 11) is 1.63. The van der Waals surface area contributed by atoms with Crippen LogP contribution in [-0.4, -0.2) is 22.3 Å². The lowest BCUT2D eigenvalue weighted by molar-refractivity contribution is 0.415. The molecule has 108 valence electrons. The van der Waals surface area contributed by atoms with Gasteiger partial charge in [-0.25, -0.2) is 4.98 Å². The number of thiazole rings is 1. The van der Waals surface area contributed by atoms with Gasteiger partial charge in [0.05, 0.1) is 17.3 Å². The van der Waals surface area contributed by atoms with E-state index < -0.39 is 0 Å². The highest BCUT2D eigenvalue weighted by Gasteiger charge is 2.14. The zero-order valence-corrected chi connectivity index (χ0v) is 12.5. The van der Waals surface area contributed by atoms with Gasteiger partial charge in [0, 0.05) is 5.56 Å². The summed E-state index contributed by atoms with van der Waals surface area (Å²) in [5.74, 6) is 1.69. The monoisotopic (exact) mass is 309 g/mol. The Hall–Kier alpha value is -2.73. The van der Waals surface area contributed by atoms with E-state index in [2.05, 4.69) is 15.2 Å². The Labute approximate surface area is 130 Å². The van der Waals surface area contributed by atoms with Gasteiger partial charge >= 0.3 is 0 Å². The van der Waals surface area contributed by atoms with E-state index in [1.807, 2.05) is 48.5 Å². The summed E-state index contributed by atoms with van der Waals surface area (Å²) in [6.45, 7) is 0. The third-order valence-corrected chi connectivity index (χ3v) is 4.26. The third kappa shape index (κ3) is 2.23. The van der Waals surface area contributed by atoms with Crippen molar-refractivity contribution in [3.05, 3.63) is 48.5 Å². The standard InChI is InChI=1S/C16H11N3O2S/c1-20-11-8-6-10(7-9-11)14-18-19-15(21-14)16-17-12-4-2-3-5-13(12)22-16/h2-9H,1H3. The average Bonchev–Trinajstić information content (AvgIpc) is 3.21. The average molecular weight is 309 g/mol. The number of hydrogen-bond donors (Lipinski definition) is 0. The molecule has 0 aliphatic rings. The van der Waals surface area contributed by atoms with Gasteiger partial charge in [-0.05, 0) is 36.4 Å². The molecule has 0 aliphatic heterocycles. The van der Waals surface area contributed by atoms with Gasteiger partial charge in [-0.15, -0.1) is 21.5 Å². The highest BCUT2D eigenvalue weighted by Crippen LogP contribution is 2.31. The summed E-state index contributed by atoms with van der Waals surface area (Å²) < 4.78 is 12.0. The Morgan fingerprint density at radius 3 is 2.50 bits per heavy atom. The Bertz CT molecular complexity index is 895. The topological polar surface area (TPSA) is 61.0 Å². The number of methoxy groups -OCH3 is 1. The first kappa shape index (κ1) is 13.0. The maximum Gasteiger partial charge on any atom is 0.277 e. The number of hydrogen-bond acceptors (Lipinski definition) is 6. The lowest BCUT2D eigenvalue weighted by Gasteiger charge is -1.98. The molecule has 0 aliphatic carbocycles. The fourth-order valence-corrected chi connectivity index (χ4v) is 3.01. The molecule has 0 saturated carbocycles. The van der Waals surface area contributed by atoms with Gasteiger partial charge in [0.2, 0.25) is 5.89 Å². The van der Waals surface area contributed by atoms with E-state index in [-0.39, 0.29) is 0 Å². The van der Waals surface area contributed by atoms with Crippen LogP contribution < -0.4 is 4.74 Å². The highest BCUT2D eigenvalue weighted by atomic mass is 32.1. The minimum absolute atomic E-state index is 0.437. The molecule has 0 N–H and O–H groups in total. The van der Waals surface area contributed by atoms with Crippen LogP contribution in [0.15, 0.2) is 52.9 Å². The highest BCUT2D eigenvalue weighted by molar-refractivity contribution is 7.21. The van der Waals surface area contributed by atoms with E-state index in [1.165, 1.54) is 11.3 Å². The Balaban J connectivity index is 1.70. The maximum absolute atomic E-state index is 5.74. The van der Waals surface area contributed by atoms with E-state index in [1.54, 1.807) is 7.11 Å². The van der Waals surface area contributed by atoms with Crippen molar-refractivity contribution in [2.24, 2.45) is 0 Å². The van der Waals surface area contributed by atoms with Gasteiger partial charge < -0.3 is 9.15 Å². The normalized spacial score (nSPS) is 11.0. The minimum atomic E-state index is 0.437. The van der Waals surface area contributed by atoms with Crippen LogP contribution in [0.4, 0.5) is 0 Å². The predicted octanol–water partition coefficient (Wildman–Crippen LogP) is 4.02. The van der Waals surface area contributed by atoms with E-state index >= 15 is 0 Å². The predicted molar refractivity (Wildman–Crippen MR) is 84.9 cm³/mol. The number of rotatable bonds is 3. The first-order valence-electron chi connectivity index (χ1n) is 6.67. The SMILES string of the molecule is COc1ccc(-c2nnc(-c3nc4ccccc4s3)o2)cc1. The van der Waals surface area contributed by atoms with Gasteiger partial charge in [0.15, 0.2) is 5.01 Å². The number of nitrogens with zero attached hydrogens (tertiary/aromatic N) is 3. The minimum Gasteiger partial charge on any atom is -0.497 e. The lowest BCUT2D eigenvalue weighted by Crippen LogP contribution is -1.82. The lowest BCUT2D eigenvalue weighted by atomic mass is 10.2. The fourth-order valence-electron chi connectivity index (χ4n) is 2.12. The summed E-state index contributed by atoms with van der Waals surface area (Å²) in [5.41, 5.74) is 1.78. The molecule has 0 fully saturated rings. The molecule has 0 bridgehead atoms. The van der Waals surface area contributed by atoms with Gasteiger partial charge in [-0.2, -0.15) is 0 Å². The molecule has 4 aromatic rings. The smallest absolute Gasteiger partial charge is 0.277 e. The van der Waals surface area contributed by atoms with Crippen LogP contribution in [-0.2, 0) is 0 Å². The van der Waals surface area contributed by atoms with Gasteiger partial charge in [0.1, 0.15) is 5.75 Å². The van der Waals surface area contributed by atoms with Gasteiger partial charge in [0.25, 0.3) is 5.89 Å². The quantitative estimate of drug-likeness (QED) is 0.572. The molecule has 0 amide bonds. The van der Waals surface area contributed by atoms with Gasteiger partial charge in [-0.1, -0.05) is 12.1 Å². The van der Waals surface area contributed by atoms with Crippen molar-refractivity contribution in [1.29, 1.82) is 0 Å². The summed E-state index contributed by atoms with van der Waals surface area (Å²) in [6.07, 6.45) is 0. The summed E-state index contributed by atoms with van der Waals surface area (Å²) in [4.78, 5) is 4.52. The van der Waals surface area contributed by atoms with Crippen molar-refractivity contribution in [2.75, 3.05) is 7.11 Å². The number of ether oxygens (including phenoxy) is 1. The molecule has 0 saturated heterocycles. The Kier molecular flexibility index (Phi) is 3.08. The second kappa shape index (κ2) is 5.23. The zero-order chi connectivity index (χ0) is 14.9. The van der Waals surface area contributed by atoms with E-state index in [9.17, 15) is 0 Å². The second-order valence-corrected chi connectivity index (χ2v) is 5.66. The van der Waals surface area contributed by atoms with Crippen LogP contribution >= 0.6 is 11.3 Å². The first-order valence-corrected chi connectivity index (χ1v) is 7.49. The molecule has 5 nitrogen and oxygen atoms in total. The van der Waals surface area contributed by atoms with Crippen LogP contribution in [0.5, 0.6) is 5.75 Å². The van der Waals surface area contributed by atoms with Crippen LogP contribution in [0.1, 0.15) is 0 Å². The maximum atomic E-state index is 5.74. The molecular weight excluding hydrogens is 298 g/mol. The molecule has 2 heterocycles. The largest absolute Gasteiger partial charge is 0.497 e. The molecule has 0 radical (unpaired) electrons. The second-order valence-electron chi connectivity index (χ2n) is 4.63. The van der Waals surface area contributed by atoms with Crippen molar-refractivity contribution < 1.29 is 9.15 Å². The number of benzene rings is 2. The van der Waals surface area contributed by atoms with Crippen molar-refractivity contribution in [1.82, 2.24) is 15.2 Å². The number of aromatic nitrogens is 3. The Morgan fingerprint density at radius 2 is 1.73 bits per heavy atom. The molecule has 0 atom stereocenters. The molecule has 0 spiro atoms. The first-order chi connectivity index (χ1) is 10.8. The third-order valence-electron chi connectivity index (χ3n) is 3.24. The fraction of sp³-hybridized carbons (Fsp3) is 0.0625. The van der Waals surface area contributed by atoms with Crippen LogP contribution in [0, 0.1) is 0 Å². The van der Waals surface area contributed by atoms with Crippen LogP contribution in [0.25, 0.3) is 32.6 Å². The summed E-state index contributed by atoms with van der Waals surface area (Å²) >= 11 is 1.54. The number of para-hydroxylation sites is 1. The summed E-state index contributed by atoms with van der Waals surface area (Å²) in [5, 5.41) is 8.93. The van der Waals surface area contributed by atoms with Crippen molar-refractivity contribution in [2.45, 2.75) is 0 Å². The Morgan fingerprint density at radius 1 is 0.955 bits per heavy atom. The van der Waals surface area contributed by atoms with Crippen molar-refractivity contribution >= 4 is 21.6 Å². The van der Waals surface area contributed by atoms with Crippen molar-refractivity contribution in [3.8, 4) is 28.1 Å². The number of fused-ring (bicyclic) bond motifs is 1. The molecule has 0 unspecified atom stereocenters. The zero-order valence-electron chi connectivity index (χ0n) is 11.7. The van der Waals surface area contributed by atoms with Crippen LogP contribution in [0.3, 0.4) is 0 Å². The molecule has 2 aromatic heterocycles. The van der Waals surface area contributed by atoms with E-state index in [0.717, 1.165) is 26.5 Å². The van der Waals surface area contributed by atoms with E-state index in [4.69, 9.17) is 9.15 Å². The van der Waals surface area contributed by atoms with Gasteiger partial charge in [-0.3, -0.25) is 0 Å². The molecular formula is C16H11N3O2S.